The van der Waals surface area contributed by atoms with E-state index in [1.807, 2.05) is 7.05 Å². The average Bonchev–Trinajstić information content (AvgIpc) is 2.62. The lowest BCUT2D eigenvalue weighted by Gasteiger charge is -2.16. The van der Waals surface area contributed by atoms with Crippen molar-refractivity contribution >= 4 is 38.9 Å². The van der Waals surface area contributed by atoms with E-state index in [-0.39, 0.29) is 0 Å². The molecule has 1 aromatic rings. The minimum Gasteiger partial charge on any atom is -0.312 e. The van der Waals surface area contributed by atoms with Crippen LogP contribution >= 0.6 is 38.9 Å². The molecule has 84 valence electrons. The Bertz CT molecular complexity index is 355. The van der Waals surface area contributed by atoms with Gasteiger partial charge in [0.05, 0.1) is 0 Å². The molecule has 0 aromatic carbocycles. The lowest BCUT2D eigenvalue weighted by molar-refractivity contribution is 0.446. The van der Waals surface area contributed by atoms with Crippen molar-refractivity contribution in [3.63, 3.8) is 0 Å². The summed E-state index contributed by atoms with van der Waals surface area (Å²) in [6.45, 7) is 4.65. The molecule has 4 heteroatoms. The summed E-state index contributed by atoms with van der Waals surface area (Å²) in [5.74, 6) is 0.740. The molecule has 2 atom stereocenters. The van der Waals surface area contributed by atoms with Gasteiger partial charge in [0.2, 0.25) is 0 Å². The van der Waals surface area contributed by atoms with Gasteiger partial charge in [-0.2, -0.15) is 0 Å². The van der Waals surface area contributed by atoms with Crippen LogP contribution in [0.2, 0.25) is 4.34 Å². The van der Waals surface area contributed by atoms with Crippen molar-refractivity contribution < 1.29 is 0 Å². The van der Waals surface area contributed by atoms with Crippen LogP contribution < -0.4 is 5.32 Å². The Hall–Kier alpha value is 0.430. The molecule has 0 saturated heterocycles. The predicted octanol–water partition coefficient (Wildman–Crippen LogP) is 4.47. The first-order valence-electron chi connectivity index (χ1n) is 5.07. The topological polar surface area (TPSA) is 12.0 Å². The van der Waals surface area contributed by atoms with E-state index in [1.165, 1.54) is 11.3 Å². The standard InChI is InChI=1S/C11H15BrClNS/c1-11(2)5-6(11)9(14-3)8-4-7(12)10(13)15-8/h4,6,9,14H,5H2,1-3H3. The van der Waals surface area contributed by atoms with Gasteiger partial charge in [-0.3, -0.25) is 0 Å². The molecule has 1 heterocycles. The van der Waals surface area contributed by atoms with Gasteiger partial charge in [0.1, 0.15) is 4.34 Å². The Kier molecular flexibility index (Phi) is 3.19. The summed E-state index contributed by atoms with van der Waals surface area (Å²) >= 11 is 11.2. The zero-order chi connectivity index (χ0) is 11.2. The fraction of sp³-hybridized carbons (Fsp3) is 0.636. The predicted molar refractivity (Wildman–Crippen MR) is 70.7 cm³/mol. The van der Waals surface area contributed by atoms with Crippen LogP contribution in [0.4, 0.5) is 0 Å². The van der Waals surface area contributed by atoms with E-state index in [1.54, 1.807) is 11.3 Å². The van der Waals surface area contributed by atoms with Crippen LogP contribution in [0.25, 0.3) is 0 Å². The maximum atomic E-state index is 6.07. The Labute approximate surface area is 108 Å². The third-order valence-corrected chi connectivity index (χ3v) is 5.83. The average molecular weight is 309 g/mol. The van der Waals surface area contributed by atoms with Gasteiger partial charge < -0.3 is 5.32 Å². The molecule has 2 unspecified atom stereocenters. The number of hydrogen-bond donors (Lipinski definition) is 1. The van der Waals surface area contributed by atoms with Crippen molar-refractivity contribution in [3.05, 3.63) is 19.8 Å². The number of thiophene rings is 1. The molecule has 0 radical (unpaired) electrons. The second kappa shape index (κ2) is 4.02. The summed E-state index contributed by atoms with van der Waals surface area (Å²) in [5.41, 5.74) is 0.483. The SMILES string of the molecule is CNC(c1cc(Br)c(Cl)s1)C1CC1(C)C. The fourth-order valence-corrected chi connectivity index (χ4v) is 4.05. The zero-order valence-electron chi connectivity index (χ0n) is 9.10. The van der Waals surface area contributed by atoms with Crippen LogP contribution in [-0.4, -0.2) is 7.05 Å². The molecular formula is C11H15BrClNS. The van der Waals surface area contributed by atoms with Crippen molar-refractivity contribution in [1.82, 2.24) is 5.32 Å². The summed E-state index contributed by atoms with van der Waals surface area (Å²) < 4.78 is 1.87. The molecule has 1 nitrogen and oxygen atoms in total. The molecule has 0 amide bonds. The maximum Gasteiger partial charge on any atom is 0.107 e. The van der Waals surface area contributed by atoms with Crippen molar-refractivity contribution in [2.45, 2.75) is 26.3 Å². The second-order valence-corrected chi connectivity index (χ2v) is 7.38. The minimum absolute atomic E-state index is 0.453. The number of rotatable bonds is 3. The first-order chi connectivity index (χ1) is 6.95. The van der Waals surface area contributed by atoms with Crippen molar-refractivity contribution in [1.29, 1.82) is 0 Å². The van der Waals surface area contributed by atoms with Crippen molar-refractivity contribution in [2.75, 3.05) is 7.05 Å². The molecule has 0 spiro atoms. The van der Waals surface area contributed by atoms with Gasteiger partial charge in [-0.25, -0.2) is 0 Å². The molecule has 15 heavy (non-hydrogen) atoms. The smallest absolute Gasteiger partial charge is 0.107 e. The summed E-state index contributed by atoms with van der Waals surface area (Å²) in [7, 11) is 2.03. The van der Waals surface area contributed by atoms with Crippen LogP contribution in [0.5, 0.6) is 0 Å². The van der Waals surface area contributed by atoms with Crippen molar-refractivity contribution in [3.8, 4) is 0 Å². The summed E-state index contributed by atoms with van der Waals surface area (Å²) in [6, 6.07) is 2.59. The third kappa shape index (κ3) is 2.26. The van der Waals surface area contributed by atoms with E-state index in [0.29, 0.717) is 11.5 Å². The normalized spacial score (nSPS) is 25.3. The summed E-state index contributed by atoms with van der Waals surface area (Å²) in [6.07, 6.45) is 1.30. The number of nitrogens with one attached hydrogen (secondary N) is 1. The quantitative estimate of drug-likeness (QED) is 0.868. The van der Waals surface area contributed by atoms with E-state index in [4.69, 9.17) is 11.6 Å². The highest BCUT2D eigenvalue weighted by Crippen LogP contribution is 2.58. The number of hydrogen-bond acceptors (Lipinski definition) is 2. The lowest BCUT2D eigenvalue weighted by Crippen LogP contribution is -2.19. The van der Waals surface area contributed by atoms with Crippen molar-refractivity contribution in [2.24, 2.45) is 11.3 Å². The first kappa shape index (κ1) is 11.9. The van der Waals surface area contributed by atoms with Crippen LogP contribution in [-0.2, 0) is 0 Å². The monoisotopic (exact) mass is 307 g/mol. The molecule has 1 N–H and O–H groups in total. The van der Waals surface area contributed by atoms with Gasteiger partial charge in [0.25, 0.3) is 0 Å². The van der Waals surface area contributed by atoms with Crippen LogP contribution in [0, 0.1) is 11.3 Å². The Balaban J connectivity index is 2.21. The molecule has 1 saturated carbocycles. The Morgan fingerprint density at radius 2 is 2.27 bits per heavy atom. The highest BCUT2D eigenvalue weighted by atomic mass is 79.9. The van der Waals surface area contributed by atoms with Gasteiger partial charge in [-0.15, -0.1) is 11.3 Å². The van der Waals surface area contributed by atoms with E-state index in [9.17, 15) is 0 Å². The van der Waals surface area contributed by atoms with Crippen LogP contribution in [0.1, 0.15) is 31.2 Å². The zero-order valence-corrected chi connectivity index (χ0v) is 12.3. The third-order valence-electron chi connectivity index (χ3n) is 3.27. The van der Waals surface area contributed by atoms with Gasteiger partial charge in [-0.1, -0.05) is 25.4 Å². The minimum atomic E-state index is 0.453. The summed E-state index contributed by atoms with van der Waals surface area (Å²) in [5, 5.41) is 3.41. The van der Waals surface area contributed by atoms with Gasteiger partial charge in [0, 0.05) is 15.4 Å². The lowest BCUT2D eigenvalue weighted by atomic mass is 10.0. The Morgan fingerprint density at radius 3 is 2.60 bits per heavy atom. The van der Waals surface area contributed by atoms with E-state index < -0.39 is 0 Å². The molecule has 0 bridgehead atoms. The molecule has 0 aliphatic heterocycles. The van der Waals surface area contributed by atoms with E-state index in [0.717, 1.165) is 14.7 Å². The largest absolute Gasteiger partial charge is 0.312 e. The second-order valence-electron chi connectivity index (χ2n) is 4.84. The first-order valence-corrected chi connectivity index (χ1v) is 7.06. The molecular weight excluding hydrogens is 294 g/mol. The summed E-state index contributed by atoms with van der Waals surface area (Å²) in [4.78, 5) is 1.34. The Morgan fingerprint density at radius 1 is 1.67 bits per heavy atom. The molecule has 1 fully saturated rings. The highest BCUT2D eigenvalue weighted by molar-refractivity contribution is 9.10. The maximum absolute atomic E-state index is 6.07. The molecule has 1 aromatic heterocycles. The van der Waals surface area contributed by atoms with Crippen LogP contribution in [0.15, 0.2) is 10.5 Å². The van der Waals surface area contributed by atoms with Gasteiger partial charge in [-0.05, 0) is 46.8 Å². The molecule has 2 rings (SSSR count). The van der Waals surface area contributed by atoms with Gasteiger partial charge >= 0.3 is 0 Å². The highest BCUT2D eigenvalue weighted by Gasteiger charge is 2.50. The van der Waals surface area contributed by atoms with E-state index >= 15 is 0 Å². The molecule has 1 aliphatic rings. The van der Waals surface area contributed by atoms with Crippen LogP contribution in [0.3, 0.4) is 0 Å². The fourth-order valence-electron chi connectivity index (χ4n) is 2.14. The number of halogens is 2. The van der Waals surface area contributed by atoms with E-state index in [2.05, 4.69) is 41.2 Å². The molecule has 1 aliphatic carbocycles. The van der Waals surface area contributed by atoms with Gasteiger partial charge in [0.15, 0.2) is 0 Å².